The van der Waals surface area contributed by atoms with Crippen LogP contribution in [-0.2, 0) is 32.9 Å². The molecule has 0 bridgehead atoms. The molecule has 0 aromatic heterocycles. The van der Waals surface area contributed by atoms with Gasteiger partial charge in [-0.2, -0.15) is 0 Å². The van der Waals surface area contributed by atoms with Crippen molar-refractivity contribution in [1.82, 2.24) is 0 Å². The van der Waals surface area contributed by atoms with E-state index in [1.807, 2.05) is 0 Å². The topological polar surface area (TPSA) is 104 Å². The normalized spacial score (nSPS) is 11.8. The molecule has 0 saturated heterocycles. The summed E-state index contributed by atoms with van der Waals surface area (Å²) in [6.45, 7) is 11.6. The van der Waals surface area contributed by atoms with Crippen molar-refractivity contribution in [2.75, 3.05) is 11.9 Å². The SMILES string of the molecule is CC(=O)SCOC(=O)C(C)(C)C.CC(C)(C)C(=O)OCS(=O)(=O)Cl. The Hall–Kier alpha value is -0.800. The summed E-state index contributed by atoms with van der Waals surface area (Å²) < 4.78 is 29.9. The molecule has 24 heavy (non-hydrogen) atoms. The molecule has 0 saturated carbocycles. The van der Waals surface area contributed by atoms with E-state index in [4.69, 9.17) is 15.4 Å². The highest BCUT2D eigenvalue weighted by molar-refractivity contribution is 8.13. The van der Waals surface area contributed by atoms with Gasteiger partial charge in [-0.3, -0.25) is 14.4 Å². The molecular weight excluding hydrogens is 380 g/mol. The summed E-state index contributed by atoms with van der Waals surface area (Å²) in [5.74, 6) is -1.53. The van der Waals surface area contributed by atoms with Gasteiger partial charge < -0.3 is 9.47 Å². The molecule has 7 nitrogen and oxygen atoms in total. The number of rotatable bonds is 4. The second kappa shape index (κ2) is 10.2. The van der Waals surface area contributed by atoms with Crippen molar-refractivity contribution >= 4 is 48.5 Å². The van der Waals surface area contributed by atoms with Crippen LogP contribution >= 0.6 is 22.4 Å². The van der Waals surface area contributed by atoms with Crippen molar-refractivity contribution in [1.29, 1.82) is 0 Å². The number of hydrogen-bond donors (Lipinski definition) is 0. The predicted octanol–water partition coefficient (Wildman–Crippen LogP) is 2.91. The molecule has 0 aliphatic heterocycles. The van der Waals surface area contributed by atoms with Gasteiger partial charge in [-0.15, -0.1) is 0 Å². The van der Waals surface area contributed by atoms with Crippen molar-refractivity contribution in [3.05, 3.63) is 0 Å². The maximum absolute atomic E-state index is 11.1. The van der Waals surface area contributed by atoms with Gasteiger partial charge in [0, 0.05) is 17.6 Å². The number of ether oxygens (including phenoxy) is 2. The Morgan fingerprint density at radius 3 is 1.58 bits per heavy atom. The Morgan fingerprint density at radius 2 is 1.29 bits per heavy atom. The number of esters is 2. The van der Waals surface area contributed by atoms with Gasteiger partial charge in [-0.1, -0.05) is 0 Å². The maximum atomic E-state index is 11.1. The lowest BCUT2D eigenvalue weighted by Gasteiger charge is -2.15. The predicted molar refractivity (Wildman–Crippen MR) is 93.9 cm³/mol. The molecule has 0 atom stereocenters. The number of hydrogen-bond acceptors (Lipinski definition) is 8. The van der Waals surface area contributed by atoms with E-state index < -0.39 is 31.8 Å². The van der Waals surface area contributed by atoms with E-state index in [0.29, 0.717) is 0 Å². The zero-order chi connectivity index (χ0) is 19.8. The summed E-state index contributed by atoms with van der Waals surface area (Å²) in [5, 5.41) is -0.0447. The summed E-state index contributed by atoms with van der Waals surface area (Å²) in [6, 6.07) is 0. The van der Waals surface area contributed by atoms with Crippen LogP contribution in [0.5, 0.6) is 0 Å². The summed E-state index contributed by atoms with van der Waals surface area (Å²) in [5.41, 5.74) is -1.20. The second-order valence-corrected chi connectivity index (χ2v) is 10.6. The lowest BCUT2D eigenvalue weighted by Crippen LogP contribution is -2.24. The molecule has 0 aliphatic carbocycles. The van der Waals surface area contributed by atoms with Crippen molar-refractivity contribution < 1.29 is 32.3 Å². The molecule has 10 heteroatoms. The van der Waals surface area contributed by atoms with Crippen LogP contribution in [0.15, 0.2) is 0 Å². The summed E-state index contributed by atoms with van der Waals surface area (Å²) in [7, 11) is 1.07. The zero-order valence-electron chi connectivity index (χ0n) is 15.0. The Balaban J connectivity index is 0. The van der Waals surface area contributed by atoms with Crippen molar-refractivity contribution in [3.63, 3.8) is 0 Å². The van der Waals surface area contributed by atoms with Gasteiger partial charge in [0.2, 0.25) is 5.94 Å². The highest BCUT2D eigenvalue weighted by atomic mass is 35.7. The first-order valence-electron chi connectivity index (χ1n) is 6.87. The van der Waals surface area contributed by atoms with Crippen molar-refractivity contribution in [2.24, 2.45) is 10.8 Å². The zero-order valence-corrected chi connectivity index (χ0v) is 17.4. The highest BCUT2D eigenvalue weighted by Gasteiger charge is 2.24. The molecule has 0 unspecified atom stereocenters. The average Bonchev–Trinajstić information content (AvgIpc) is 2.32. The van der Waals surface area contributed by atoms with Crippen LogP contribution in [0.3, 0.4) is 0 Å². The first-order chi connectivity index (χ1) is 10.5. The standard InChI is InChI=1S/C8H14O3S.C6H11ClO4S/c1-6(9)12-5-11-7(10)8(2,3)4;1-6(2,3)5(8)11-4-12(7,9)10/h5H2,1-4H3;4H2,1-3H3. The van der Waals surface area contributed by atoms with Gasteiger partial charge in [0.15, 0.2) is 5.12 Å². The molecule has 0 fully saturated rings. The number of thioether (sulfide) groups is 1. The van der Waals surface area contributed by atoms with Crippen LogP contribution in [-0.4, -0.2) is 37.3 Å². The van der Waals surface area contributed by atoms with Crippen LogP contribution in [0.2, 0.25) is 0 Å². The first-order valence-corrected chi connectivity index (χ1v) is 10.3. The lowest BCUT2D eigenvalue weighted by molar-refractivity contribution is -0.151. The first kappa shape index (κ1) is 25.4. The van der Waals surface area contributed by atoms with E-state index in [9.17, 15) is 22.8 Å². The molecule has 0 aromatic carbocycles. The molecule has 0 heterocycles. The van der Waals surface area contributed by atoms with Gasteiger partial charge in [0.1, 0.15) is 5.94 Å². The second-order valence-electron chi connectivity index (χ2n) is 6.77. The Morgan fingerprint density at radius 1 is 0.917 bits per heavy atom. The average molecular weight is 405 g/mol. The largest absolute Gasteiger partial charge is 0.454 e. The molecule has 0 aliphatic rings. The van der Waals surface area contributed by atoms with Gasteiger partial charge in [0.25, 0.3) is 9.05 Å². The van der Waals surface area contributed by atoms with E-state index in [1.54, 1.807) is 41.5 Å². The van der Waals surface area contributed by atoms with E-state index in [0.717, 1.165) is 11.8 Å². The monoisotopic (exact) mass is 404 g/mol. The van der Waals surface area contributed by atoms with E-state index >= 15 is 0 Å². The Labute approximate surface area is 152 Å². The highest BCUT2D eigenvalue weighted by Crippen LogP contribution is 2.16. The third-order valence-corrected chi connectivity index (χ3v) is 3.32. The minimum Gasteiger partial charge on any atom is -0.454 e. The third-order valence-electron chi connectivity index (χ3n) is 2.01. The van der Waals surface area contributed by atoms with E-state index in [2.05, 4.69) is 4.74 Å². The van der Waals surface area contributed by atoms with Crippen molar-refractivity contribution in [2.45, 2.75) is 48.5 Å². The Bertz CT molecular complexity index is 542. The molecule has 0 radical (unpaired) electrons. The van der Waals surface area contributed by atoms with Crippen LogP contribution < -0.4 is 0 Å². The van der Waals surface area contributed by atoms with Gasteiger partial charge in [-0.05, 0) is 53.3 Å². The molecule has 0 aromatic rings. The van der Waals surface area contributed by atoms with Crippen LogP contribution in [0.4, 0.5) is 0 Å². The summed E-state index contributed by atoms with van der Waals surface area (Å²) in [4.78, 5) is 32.5. The van der Waals surface area contributed by atoms with Gasteiger partial charge in [-0.25, -0.2) is 8.42 Å². The fourth-order valence-electron chi connectivity index (χ4n) is 0.723. The fourth-order valence-corrected chi connectivity index (χ4v) is 1.44. The van der Waals surface area contributed by atoms with Gasteiger partial charge in [0.05, 0.1) is 10.8 Å². The molecule has 0 rings (SSSR count). The summed E-state index contributed by atoms with van der Waals surface area (Å²) >= 11 is 0.994. The van der Waals surface area contributed by atoms with E-state index in [-0.39, 0.29) is 17.0 Å². The molecule has 0 spiro atoms. The van der Waals surface area contributed by atoms with Crippen LogP contribution in [0.1, 0.15) is 48.5 Å². The fraction of sp³-hybridized carbons (Fsp3) is 0.786. The number of carbonyl (C=O) groups is 3. The minimum absolute atomic E-state index is 0.0447. The van der Waals surface area contributed by atoms with E-state index in [1.165, 1.54) is 6.92 Å². The molecule has 0 amide bonds. The van der Waals surface area contributed by atoms with Crippen LogP contribution in [0, 0.1) is 10.8 Å². The van der Waals surface area contributed by atoms with Crippen molar-refractivity contribution in [3.8, 4) is 0 Å². The maximum Gasteiger partial charge on any atom is 0.312 e. The third kappa shape index (κ3) is 16.1. The number of carbonyl (C=O) groups excluding carboxylic acids is 3. The van der Waals surface area contributed by atoms with Gasteiger partial charge >= 0.3 is 11.9 Å². The molecular formula is C14H25ClO7S2. The smallest absolute Gasteiger partial charge is 0.312 e. The van der Waals surface area contributed by atoms with Crippen LogP contribution in [0.25, 0.3) is 0 Å². The molecule has 0 N–H and O–H groups in total. The minimum atomic E-state index is -3.75. The quantitative estimate of drug-likeness (QED) is 0.400. The number of halogens is 1. The summed E-state index contributed by atoms with van der Waals surface area (Å²) in [6.07, 6.45) is 0. The molecule has 142 valence electrons. The Kier molecular flexibility index (Phi) is 10.9. The lowest BCUT2D eigenvalue weighted by atomic mass is 9.98.